The number of rotatable bonds is 8. The minimum Gasteiger partial charge on any atom is -0.497 e. The van der Waals surface area contributed by atoms with Crippen molar-refractivity contribution >= 4 is 5.91 Å². The molecule has 1 aliphatic heterocycles. The van der Waals surface area contributed by atoms with Crippen LogP contribution in [0, 0.1) is 0 Å². The van der Waals surface area contributed by atoms with Gasteiger partial charge in [-0.2, -0.15) is 0 Å². The van der Waals surface area contributed by atoms with Crippen molar-refractivity contribution in [3.8, 4) is 5.75 Å². The molecular formula is C25H31N5O2. The summed E-state index contributed by atoms with van der Waals surface area (Å²) in [7, 11) is 1.68. The van der Waals surface area contributed by atoms with E-state index in [2.05, 4.69) is 37.1 Å². The lowest BCUT2D eigenvalue weighted by molar-refractivity contribution is -0.121. The molecular weight excluding hydrogens is 402 g/mol. The van der Waals surface area contributed by atoms with Gasteiger partial charge in [0.05, 0.1) is 13.2 Å². The number of nitrogens with zero attached hydrogens (tertiary/aromatic N) is 4. The molecule has 1 atom stereocenters. The average Bonchev–Trinajstić information content (AvgIpc) is 3.13. The molecule has 0 radical (unpaired) electrons. The van der Waals surface area contributed by atoms with E-state index in [1.54, 1.807) is 7.11 Å². The molecule has 0 saturated heterocycles. The number of fused-ring (bicyclic) bond motifs is 1. The van der Waals surface area contributed by atoms with E-state index in [9.17, 15) is 4.79 Å². The van der Waals surface area contributed by atoms with Gasteiger partial charge in [0.2, 0.25) is 5.91 Å². The van der Waals surface area contributed by atoms with Gasteiger partial charge in [-0.3, -0.25) is 9.69 Å². The Morgan fingerprint density at radius 2 is 1.81 bits per heavy atom. The van der Waals surface area contributed by atoms with E-state index in [1.165, 1.54) is 11.1 Å². The van der Waals surface area contributed by atoms with Crippen molar-refractivity contribution in [3.05, 3.63) is 77.4 Å². The maximum Gasteiger partial charge on any atom is 0.220 e. The van der Waals surface area contributed by atoms with Crippen molar-refractivity contribution in [3.63, 3.8) is 0 Å². The molecule has 2 heterocycles. The summed E-state index contributed by atoms with van der Waals surface area (Å²) in [6.45, 7) is 5.54. The van der Waals surface area contributed by atoms with Crippen LogP contribution in [0.1, 0.15) is 42.2 Å². The van der Waals surface area contributed by atoms with Gasteiger partial charge in [0.1, 0.15) is 11.6 Å². The van der Waals surface area contributed by atoms with E-state index in [4.69, 9.17) is 4.74 Å². The smallest absolute Gasteiger partial charge is 0.220 e. The van der Waals surface area contributed by atoms with Crippen LogP contribution in [0.4, 0.5) is 0 Å². The first-order chi connectivity index (χ1) is 15.6. The van der Waals surface area contributed by atoms with Gasteiger partial charge < -0.3 is 14.6 Å². The quantitative estimate of drug-likeness (QED) is 0.591. The summed E-state index contributed by atoms with van der Waals surface area (Å²) in [6.07, 6.45) is 2.04. The highest BCUT2D eigenvalue weighted by molar-refractivity contribution is 5.76. The van der Waals surface area contributed by atoms with Crippen LogP contribution in [0.2, 0.25) is 0 Å². The first-order valence-corrected chi connectivity index (χ1v) is 11.2. The van der Waals surface area contributed by atoms with Crippen molar-refractivity contribution in [1.82, 2.24) is 25.0 Å². The van der Waals surface area contributed by atoms with Gasteiger partial charge in [-0.1, -0.05) is 42.5 Å². The number of amides is 1. The molecule has 0 bridgehead atoms. The van der Waals surface area contributed by atoms with E-state index in [-0.39, 0.29) is 11.9 Å². The van der Waals surface area contributed by atoms with E-state index < -0.39 is 0 Å². The molecule has 4 rings (SSSR count). The highest BCUT2D eigenvalue weighted by atomic mass is 16.5. The van der Waals surface area contributed by atoms with Crippen LogP contribution in [0.15, 0.2) is 54.6 Å². The molecule has 0 unspecified atom stereocenters. The molecule has 0 fully saturated rings. The van der Waals surface area contributed by atoms with Crippen LogP contribution in [0.5, 0.6) is 5.75 Å². The first kappa shape index (κ1) is 22.0. The van der Waals surface area contributed by atoms with Crippen LogP contribution in [0.3, 0.4) is 0 Å². The monoisotopic (exact) mass is 433 g/mol. The highest BCUT2D eigenvalue weighted by Gasteiger charge is 2.22. The number of ether oxygens (including phenoxy) is 1. The zero-order valence-corrected chi connectivity index (χ0v) is 18.8. The highest BCUT2D eigenvalue weighted by Crippen LogP contribution is 2.18. The van der Waals surface area contributed by atoms with Crippen molar-refractivity contribution in [2.45, 2.75) is 45.3 Å². The standard InChI is InChI=1S/C25H31N5O2/c1-19(26-24(31)13-10-20-6-4-3-5-7-20)25-28-27-23-14-15-29(16-17-30(23)25)18-21-8-11-22(32-2)12-9-21/h3-9,11-12,19H,10,13-18H2,1-2H3,(H,26,31)/t19-/m1/s1. The second kappa shape index (κ2) is 10.4. The van der Waals surface area contributed by atoms with Gasteiger partial charge >= 0.3 is 0 Å². The fourth-order valence-electron chi connectivity index (χ4n) is 4.14. The van der Waals surface area contributed by atoms with E-state index in [1.807, 2.05) is 49.4 Å². The van der Waals surface area contributed by atoms with Crippen molar-refractivity contribution < 1.29 is 9.53 Å². The molecule has 7 nitrogen and oxygen atoms in total. The normalized spacial score (nSPS) is 14.9. The number of carbonyl (C=O) groups is 1. The van der Waals surface area contributed by atoms with Gasteiger partial charge in [0.15, 0.2) is 5.82 Å². The SMILES string of the molecule is COc1ccc(CN2CCc3nnc([C@@H](C)NC(=O)CCc4ccccc4)n3CC2)cc1. The minimum absolute atomic E-state index is 0.0356. The Morgan fingerprint density at radius 1 is 1.03 bits per heavy atom. The maximum atomic E-state index is 12.5. The summed E-state index contributed by atoms with van der Waals surface area (Å²) in [5, 5.41) is 11.9. The molecule has 0 saturated carbocycles. The fraction of sp³-hybridized carbons (Fsp3) is 0.400. The molecule has 3 aromatic rings. The summed E-state index contributed by atoms with van der Waals surface area (Å²) in [4.78, 5) is 14.9. The Kier molecular flexibility index (Phi) is 7.17. The van der Waals surface area contributed by atoms with Crippen LogP contribution in [-0.2, 0) is 30.7 Å². The lowest BCUT2D eigenvalue weighted by Crippen LogP contribution is -2.30. The van der Waals surface area contributed by atoms with Gasteiger partial charge in [-0.15, -0.1) is 10.2 Å². The number of nitrogens with one attached hydrogen (secondary N) is 1. The van der Waals surface area contributed by atoms with E-state index >= 15 is 0 Å². The predicted octanol–water partition coefficient (Wildman–Crippen LogP) is 3.16. The van der Waals surface area contributed by atoms with Gasteiger partial charge in [-0.05, 0) is 36.6 Å². The van der Waals surface area contributed by atoms with Crippen LogP contribution >= 0.6 is 0 Å². The largest absolute Gasteiger partial charge is 0.497 e. The van der Waals surface area contributed by atoms with Crippen LogP contribution < -0.4 is 10.1 Å². The maximum absolute atomic E-state index is 12.5. The summed E-state index contributed by atoms with van der Waals surface area (Å²) in [6, 6.07) is 18.1. The molecule has 1 aromatic heterocycles. The molecule has 1 N–H and O–H groups in total. The van der Waals surface area contributed by atoms with E-state index in [0.717, 1.165) is 56.4 Å². The summed E-state index contributed by atoms with van der Waals surface area (Å²) < 4.78 is 7.43. The number of aromatic nitrogens is 3. The van der Waals surface area contributed by atoms with Crippen molar-refractivity contribution in [2.75, 3.05) is 20.2 Å². The number of hydrogen-bond acceptors (Lipinski definition) is 5. The predicted molar refractivity (Wildman–Crippen MR) is 123 cm³/mol. The Labute approximate surface area is 189 Å². The number of aryl methyl sites for hydroxylation is 1. The van der Waals surface area contributed by atoms with Gasteiger partial charge in [0.25, 0.3) is 0 Å². The Morgan fingerprint density at radius 3 is 2.56 bits per heavy atom. The third kappa shape index (κ3) is 5.53. The van der Waals surface area contributed by atoms with Crippen molar-refractivity contribution in [1.29, 1.82) is 0 Å². The van der Waals surface area contributed by atoms with Gasteiger partial charge in [-0.25, -0.2) is 0 Å². The average molecular weight is 434 g/mol. The lowest BCUT2D eigenvalue weighted by atomic mass is 10.1. The summed E-state index contributed by atoms with van der Waals surface area (Å²) in [5.41, 5.74) is 2.44. The number of hydrogen-bond donors (Lipinski definition) is 1. The van der Waals surface area contributed by atoms with Crippen LogP contribution in [0.25, 0.3) is 0 Å². The molecule has 1 aliphatic rings. The second-order valence-electron chi connectivity index (χ2n) is 8.28. The second-order valence-corrected chi connectivity index (χ2v) is 8.28. The zero-order valence-electron chi connectivity index (χ0n) is 18.8. The Hall–Kier alpha value is -3.19. The molecule has 7 heteroatoms. The summed E-state index contributed by atoms with van der Waals surface area (Å²) in [5.74, 6) is 2.73. The first-order valence-electron chi connectivity index (χ1n) is 11.2. The molecule has 32 heavy (non-hydrogen) atoms. The third-order valence-corrected chi connectivity index (χ3v) is 5.96. The third-order valence-electron chi connectivity index (χ3n) is 5.96. The van der Waals surface area contributed by atoms with Gasteiger partial charge in [0, 0.05) is 39.0 Å². The summed E-state index contributed by atoms with van der Waals surface area (Å²) >= 11 is 0. The Balaban J connectivity index is 1.32. The molecule has 1 amide bonds. The molecule has 0 spiro atoms. The fourth-order valence-corrected chi connectivity index (χ4v) is 4.14. The Bertz CT molecular complexity index is 1020. The molecule has 0 aliphatic carbocycles. The van der Waals surface area contributed by atoms with E-state index in [0.29, 0.717) is 6.42 Å². The van der Waals surface area contributed by atoms with Crippen LogP contribution in [-0.4, -0.2) is 45.8 Å². The topological polar surface area (TPSA) is 72.3 Å². The van der Waals surface area contributed by atoms with Crippen molar-refractivity contribution in [2.24, 2.45) is 0 Å². The zero-order chi connectivity index (χ0) is 22.3. The number of benzene rings is 2. The molecule has 2 aromatic carbocycles. The number of carbonyl (C=O) groups excluding carboxylic acids is 1. The number of methoxy groups -OCH3 is 1. The molecule has 168 valence electrons. The lowest BCUT2D eigenvalue weighted by Gasteiger charge is -2.20. The minimum atomic E-state index is -0.173.